The van der Waals surface area contributed by atoms with Crippen LogP contribution in [0.4, 0.5) is 0 Å². The molecule has 0 amide bonds. The number of aliphatic hydroxyl groups excluding tert-OH is 1. The summed E-state index contributed by atoms with van der Waals surface area (Å²) in [4.78, 5) is 0. The summed E-state index contributed by atoms with van der Waals surface area (Å²) in [5.74, 6) is 0.751. The first kappa shape index (κ1) is 19.9. The zero-order valence-corrected chi connectivity index (χ0v) is 14.7. The normalized spacial score (nSPS) is 12.8. The summed E-state index contributed by atoms with van der Waals surface area (Å²) in [7, 11) is 0. The molecule has 0 aliphatic carbocycles. The molecule has 0 unspecified atom stereocenters. The number of rotatable bonds is 12. The summed E-state index contributed by atoms with van der Waals surface area (Å²) in [5.41, 5.74) is 1.09. The highest BCUT2D eigenvalue weighted by molar-refractivity contribution is 5.27. The number of nitrogens with one attached hydrogen (secondary N) is 1. The lowest BCUT2D eigenvalue weighted by Crippen LogP contribution is -2.37. The average molecular weight is 325 g/mol. The maximum absolute atomic E-state index is 9.36. The molecular weight excluding hydrogens is 294 g/mol. The van der Waals surface area contributed by atoms with Gasteiger partial charge in [0.05, 0.1) is 32.5 Å². The van der Waals surface area contributed by atoms with Crippen molar-refractivity contribution in [1.29, 1.82) is 0 Å². The van der Waals surface area contributed by atoms with Gasteiger partial charge in [-0.05, 0) is 31.5 Å². The zero-order chi connectivity index (χ0) is 17.1. The van der Waals surface area contributed by atoms with Gasteiger partial charge < -0.3 is 24.6 Å². The van der Waals surface area contributed by atoms with Gasteiger partial charge in [0.25, 0.3) is 0 Å². The molecule has 0 bridgehead atoms. The van der Waals surface area contributed by atoms with E-state index in [9.17, 15) is 5.11 Å². The van der Waals surface area contributed by atoms with Crippen molar-refractivity contribution in [2.45, 2.75) is 52.6 Å². The zero-order valence-electron chi connectivity index (χ0n) is 14.7. The first-order valence-electron chi connectivity index (χ1n) is 8.30. The van der Waals surface area contributed by atoms with Crippen molar-refractivity contribution in [2.75, 3.05) is 26.4 Å². The third kappa shape index (κ3) is 9.56. The van der Waals surface area contributed by atoms with Gasteiger partial charge in [0, 0.05) is 12.6 Å². The molecule has 0 saturated heterocycles. The monoisotopic (exact) mass is 325 g/mol. The van der Waals surface area contributed by atoms with E-state index in [2.05, 4.69) is 19.2 Å². The molecular formula is C18H31NO4. The molecule has 0 spiro atoms. The van der Waals surface area contributed by atoms with Crippen LogP contribution >= 0.6 is 0 Å². The van der Waals surface area contributed by atoms with Crippen LogP contribution in [0, 0.1) is 0 Å². The second-order valence-corrected chi connectivity index (χ2v) is 6.10. The standard InChI is InChI=1S/C18H31NO4/c1-14(2)19-11-18(12-20)23-17-7-5-16(6-8-17)13-21-9-10-22-15(3)4/h5-8,14-15,18-20H,9-13H2,1-4H3/t18-/m1/s1. The predicted molar refractivity (Wildman–Crippen MR) is 91.8 cm³/mol. The predicted octanol–water partition coefficient (Wildman–Crippen LogP) is 2.37. The van der Waals surface area contributed by atoms with E-state index < -0.39 is 0 Å². The van der Waals surface area contributed by atoms with Crippen molar-refractivity contribution >= 4 is 0 Å². The van der Waals surface area contributed by atoms with Crippen LogP contribution in [0.3, 0.4) is 0 Å². The van der Waals surface area contributed by atoms with E-state index in [-0.39, 0.29) is 18.8 Å². The van der Waals surface area contributed by atoms with Crippen LogP contribution in [0.15, 0.2) is 24.3 Å². The molecule has 23 heavy (non-hydrogen) atoms. The molecule has 5 nitrogen and oxygen atoms in total. The Labute approximate surface area is 139 Å². The quantitative estimate of drug-likeness (QED) is 0.578. The van der Waals surface area contributed by atoms with Crippen LogP contribution in [0.2, 0.25) is 0 Å². The lowest BCUT2D eigenvalue weighted by molar-refractivity contribution is 0.0143. The molecule has 0 heterocycles. The van der Waals surface area contributed by atoms with Gasteiger partial charge in [-0.3, -0.25) is 0 Å². The Morgan fingerprint density at radius 3 is 2.30 bits per heavy atom. The summed E-state index contributed by atoms with van der Waals surface area (Å²) < 4.78 is 16.7. The minimum absolute atomic E-state index is 0.0135. The molecule has 1 atom stereocenters. The van der Waals surface area contributed by atoms with Gasteiger partial charge in [0.2, 0.25) is 0 Å². The van der Waals surface area contributed by atoms with Gasteiger partial charge in [-0.2, -0.15) is 0 Å². The fourth-order valence-electron chi connectivity index (χ4n) is 1.90. The van der Waals surface area contributed by atoms with E-state index in [0.717, 1.165) is 11.3 Å². The van der Waals surface area contributed by atoms with Gasteiger partial charge in [-0.1, -0.05) is 26.0 Å². The maximum Gasteiger partial charge on any atom is 0.134 e. The van der Waals surface area contributed by atoms with Crippen LogP contribution in [0.1, 0.15) is 33.3 Å². The molecule has 0 radical (unpaired) electrons. The third-order valence-corrected chi connectivity index (χ3v) is 3.13. The Morgan fingerprint density at radius 1 is 1.04 bits per heavy atom. The second kappa shape index (κ2) is 11.4. The van der Waals surface area contributed by atoms with E-state index in [1.165, 1.54) is 0 Å². The molecule has 1 aromatic carbocycles. The number of ether oxygens (including phenoxy) is 3. The van der Waals surface area contributed by atoms with Gasteiger partial charge in [-0.25, -0.2) is 0 Å². The Kier molecular flexibility index (Phi) is 9.87. The van der Waals surface area contributed by atoms with Crippen LogP contribution in [-0.2, 0) is 16.1 Å². The van der Waals surface area contributed by atoms with E-state index in [1.54, 1.807) is 0 Å². The molecule has 0 saturated carbocycles. The lowest BCUT2D eigenvalue weighted by Gasteiger charge is -2.19. The molecule has 1 rings (SSSR count). The third-order valence-electron chi connectivity index (χ3n) is 3.13. The second-order valence-electron chi connectivity index (χ2n) is 6.10. The SMILES string of the molecule is CC(C)NC[C@H](CO)Oc1ccc(COCCOC(C)C)cc1. The highest BCUT2D eigenvalue weighted by Gasteiger charge is 2.09. The number of benzene rings is 1. The van der Waals surface area contributed by atoms with Crippen molar-refractivity contribution in [2.24, 2.45) is 0 Å². The highest BCUT2D eigenvalue weighted by atomic mass is 16.5. The highest BCUT2D eigenvalue weighted by Crippen LogP contribution is 2.14. The van der Waals surface area contributed by atoms with Crippen molar-refractivity contribution < 1.29 is 19.3 Å². The average Bonchev–Trinajstić information content (AvgIpc) is 2.52. The summed E-state index contributed by atoms with van der Waals surface area (Å²) in [6.07, 6.45) is -0.00706. The molecule has 2 N–H and O–H groups in total. The van der Waals surface area contributed by atoms with Crippen molar-refractivity contribution in [3.63, 3.8) is 0 Å². The first-order valence-corrected chi connectivity index (χ1v) is 8.30. The Bertz CT molecular complexity index is 406. The Hall–Kier alpha value is -1.14. The summed E-state index contributed by atoms with van der Waals surface area (Å²) in [6.45, 7) is 10.5. The summed E-state index contributed by atoms with van der Waals surface area (Å²) in [6, 6.07) is 8.13. The van der Waals surface area contributed by atoms with Crippen molar-refractivity contribution in [3.8, 4) is 5.75 Å². The molecule has 0 aliphatic heterocycles. The van der Waals surface area contributed by atoms with Crippen LogP contribution in [0.5, 0.6) is 5.75 Å². The lowest BCUT2D eigenvalue weighted by atomic mass is 10.2. The van der Waals surface area contributed by atoms with Crippen LogP contribution in [0.25, 0.3) is 0 Å². The van der Waals surface area contributed by atoms with E-state index >= 15 is 0 Å². The largest absolute Gasteiger partial charge is 0.487 e. The molecule has 1 aromatic rings. The molecule has 0 aliphatic rings. The minimum Gasteiger partial charge on any atom is -0.487 e. The van der Waals surface area contributed by atoms with E-state index in [4.69, 9.17) is 14.2 Å². The van der Waals surface area contributed by atoms with Crippen LogP contribution < -0.4 is 10.1 Å². The fourth-order valence-corrected chi connectivity index (χ4v) is 1.90. The van der Waals surface area contributed by atoms with Crippen molar-refractivity contribution in [3.05, 3.63) is 29.8 Å². The van der Waals surface area contributed by atoms with Gasteiger partial charge in [0.1, 0.15) is 11.9 Å². The Morgan fingerprint density at radius 2 is 1.74 bits per heavy atom. The molecule has 5 heteroatoms. The van der Waals surface area contributed by atoms with Crippen LogP contribution in [-0.4, -0.2) is 49.7 Å². The Balaban J connectivity index is 2.31. The first-order chi connectivity index (χ1) is 11.0. The van der Waals surface area contributed by atoms with Gasteiger partial charge in [0.15, 0.2) is 0 Å². The van der Waals surface area contributed by atoms with Gasteiger partial charge in [-0.15, -0.1) is 0 Å². The number of hydrogen-bond donors (Lipinski definition) is 2. The summed E-state index contributed by atoms with van der Waals surface area (Å²) in [5, 5.41) is 12.6. The number of aliphatic hydroxyl groups is 1. The molecule has 132 valence electrons. The molecule has 0 fully saturated rings. The van der Waals surface area contributed by atoms with E-state index in [1.807, 2.05) is 38.1 Å². The van der Waals surface area contributed by atoms with Gasteiger partial charge >= 0.3 is 0 Å². The van der Waals surface area contributed by atoms with Crippen molar-refractivity contribution in [1.82, 2.24) is 5.32 Å². The minimum atomic E-state index is -0.243. The fraction of sp³-hybridized carbons (Fsp3) is 0.667. The smallest absolute Gasteiger partial charge is 0.134 e. The molecule has 0 aromatic heterocycles. The summed E-state index contributed by atoms with van der Waals surface area (Å²) >= 11 is 0. The topological polar surface area (TPSA) is 60.0 Å². The number of hydrogen-bond acceptors (Lipinski definition) is 5. The van der Waals surface area contributed by atoms with E-state index in [0.29, 0.717) is 32.4 Å². The maximum atomic E-state index is 9.36.